The Morgan fingerprint density at radius 2 is 1.90 bits per heavy atom. The molecule has 2 aromatic rings. The topological polar surface area (TPSA) is 38.3 Å². The molecule has 0 spiro atoms. The highest BCUT2D eigenvalue weighted by atomic mass is 35.5. The zero-order valence-electron chi connectivity index (χ0n) is 12.0. The number of nitrogens with one attached hydrogen (secondary N) is 1. The molecule has 0 fully saturated rings. The van der Waals surface area contributed by atoms with Crippen LogP contribution in [0.4, 0.5) is 0 Å². The number of rotatable bonds is 8. The van der Waals surface area contributed by atoms with Crippen molar-refractivity contribution in [3.05, 3.63) is 48.0 Å². The smallest absolute Gasteiger partial charge is 0.224 e. The van der Waals surface area contributed by atoms with Gasteiger partial charge in [0.05, 0.1) is 13.0 Å². The van der Waals surface area contributed by atoms with Gasteiger partial charge in [0.15, 0.2) is 0 Å². The molecule has 4 heteroatoms. The summed E-state index contributed by atoms with van der Waals surface area (Å²) in [4.78, 5) is 12.0. The van der Waals surface area contributed by atoms with E-state index in [-0.39, 0.29) is 5.91 Å². The number of hydrogen-bond acceptors (Lipinski definition) is 2. The highest BCUT2D eigenvalue weighted by Crippen LogP contribution is 2.18. The zero-order valence-corrected chi connectivity index (χ0v) is 12.7. The SMILES string of the molecule is O=C(Cc1cccc2ccccc12)NCCCOCCCl. The average molecular weight is 306 g/mol. The molecular formula is C17H20ClNO2. The number of benzene rings is 2. The monoisotopic (exact) mass is 305 g/mol. The van der Waals surface area contributed by atoms with Crippen molar-refractivity contribution in [1.82, 2.24) is 5.32 Å². The summed E-state index contributed by atoms with van der Waals surface area (Å²) in [6, 6.07) is 14.2. The summed E-state index contributed by atoms with van der Waals surface area (Å²) in [5.74, 6) is 0.552. The number of amides is 1. The predicted octanol–water partition coefficient (Wildman–Crippen LogP) is 3.14. The first-order chi connectivity index (χ1) is 10.3. The maximum Gasteiger partial charge on any atom is 0.224 e. The maximum absolute atomic E-state index is 12.0. The molecule has 1 N–H and O–H groups in total. The summed E-state index contributed by atoms with van der Waals surface area (Å²) in [5.41, 5.74) is 1.06. The molecule has 0 bridgehead atoms. The fourth-order valence-corrected chi connectivity index (χ4v) is 2.35. The van der Waals surface area contributed by atoms with E-state index in [1.165, 1.54) is 0 Å². The Labute approximate surface area is 130 Å². The van der Waals surface area contributed by atoms with Crippen LogP contribution >= 0.6 is 11.6 Å². The minimum atomic E-state index is 0.0451. The Morgan fingerprint density at radius 1 is 1.10 bits per heavy atom. The van der Waals surface area contributed by atoms with E-state index in [4.69, 9.17) is 16.3 Å². The maximum atomic E-state index is 12.0. The second kappa shape index (κ2) is 8.65. The minimum absolute atomic E-state index is 0.0451. The van der Waals surface area contributed by atoms with Crippen LogP contribution in [0.5, 0.6) is 0 Å². The summed E-state index contributed by atoms with van der Waals surface area (Å²) in [5, 5.41) is 5.22. The molecule has 0 radical (unpaired) electrons. The summed E-state index contributed by atoms with van der Waals surface area (Å²) >= 11 is 5.51. The number of carbonyl (C=O) groups is 1. The van der Waals surface area contributed by atoms with Crippen LogP contribution in [0.3, 0.4) is 0 Å². The number of alkyl halides is 1. The van der Waals surface area contributed by atoms with E-state index in [9.17, 15) is 4.79 Å². The number of hydrogen-bond donors (Lipinski definition) is 1. The molecule has 0 aromatic heterocycles. The van der Waals surface area contributed by atoms with Crippen LogP contribution in [0.25, 0.3) is 10.8 Å². The third-order valence-corrected chi connectivity index (χ3v) is 3.39. The molecule has 0 heterocycles. The lowest BCUT2D eigenvalue weighted by molar-refractivity contribution is -0.120. The number of ether oxygens (including phenoxy) is 1. The lowest BCUT2D eigenvalue weighted by atomic mass is 10.0. The van der Waals surface area contributed by atoms with Crippen LogP contribution < -0.4 is 5.32 Å². The van der Waals surface area contributed by atoms with E-state index < -0.39 is 0 Å². The van der Waals surface area contributed by atoms with Gasteiger partial charge in [-0.2, -0.15) is 0 Å². The van der Waals surface area contributed by atoms with Crippen LogP contribution in [0.15, 0.2) is 42.5 Å². The Balaban J connectivity index is 1.82. The van der Waals surface area contributed by atoms with Gasteiger partial charge in [-0.15, -0.1) is 11.6 Å². The molecule has 2 rings (SSSR count). The molecule has 0 saturated carbocycles. The molecule has 2 aromatic carbocycles. The van der Waals surface area contributed by atoms with E-state index in [1.54, 1.807) is 0 Å². The largest absolute Gasteiger partial charge is 0.380 e. The van der Waals surface area contributed by atoms with Gasteiger partial charge in [-0.1, -0.05) is 42.5 Å². The molecule has 0 unspecified atom stereocenters. The van der Waals surface area contributed by atoms with Crippen molar-refractivity contribution in [2.45, 2.75) is 12.8 Å². The quantitative estimate of drug-likeness (QED) is 0.601. The van der Waals surface area contributed by atoms with Gasteiger partial charge in [0.2, 0.25) is 5.91 Å². The van der Waals surface area contributed by atoms with Gasteiger partial charge in [-0.05, 0) is 22.8 Å². The van der Waals surface area contributed by atoms with Gasteiger partial charge < -0.3 is 10.1 Å². The van der Waals surface area contributed by atoms with E-state index >= 15 is 0 Å². The first kappa shape index (κ1) is 15.8. The molecular weight excluding hydrogens is 286 g/mol. The van der Waals surface area contributed by atoms with Crippen molar-refractivity contribution in [2.75, 3.05) is 25.6 Å². The second-order valence-corrected chi connectivity index (χ2v) is 5.20. The fourth-order valence-electron chi connectivity index (χ4n) is 2.24. The minimum Gasteiger partial charge on any atom is -0.380 e. The molecule has 3 nitrogen and oxygen atoms in total. The average Bonchev–Trinajstić information content (AvgIpc) is 2.51. The van der Waals surface area contributed by atoms with Gasteiger partial charge in [0, 0.05) is 19.0 Å². The summed E-state index contributed by atoms with van der Waals surface area (Å²) in [6.45, 7) is 1.82. The van der Waals surface area contributed by atoms with Gasteiger partial charge in [0.25, 0.3) is 0 Å². The molecule has 112 valence electrons. The van der Waals surface area contributed by atoms with Crippen LogP contribution in [0.2, 0.25) is 0 Å². The Kier molecular flexibility index (Phi) is 6.51. The van der Waals surface area contributed by atoms with Crippen molar-refractivity contribution in [3.8, 4) is 0 Å². The number of halogens is 1. The lowest BCUT2D eigenvalue weighted by Crippen LogP contribution is -2.27. The van der Waals surface area contributed by atoms with Crippen molar-refractivity contribution >= 4 is 28.3 Å². The first-order valence-corrected chi connectivity index (χ1v) is 7.72. The summed E-state index contributed by atoms with van der Waals surface area (Å²) < 4.78 is 5.26. The molecule has 0 aliphatic carbocycles. The predicted molar refractivity (Wildman–Crippen MR) is 86.8 cm³/mol. The van der Waals surface area contributed by atoms with Crippen LogP contribution in [0.1, 0.15) is 12.0 Å². The van der Waals surface area contributed by atoms with Crippen molar-refractivity contribution in [2.24, 2.45) is 0 Å². The summed E-state index contributed by atoms with van der Waals surface area (Å²) in [7, 11) is 0. The molecule has 21 heavy (non-hydrogen) atoms. The molecule has 0 aliphatic rings. The molecule has 0 aliphatic heterocycles. The van der Waals surface area contributed by atoms with Crippen LogP contribution in [-0.4, -0.2) is 31.5 Å². The molecule has 0 atom stereocenters. The third-order valence-electron chi connectivity index (χ3n) is 3.24. The van der Waals surface area contributed by atoms with Crippen LogP contribution in [0, 0.1) is 0 Å². The zero-order chi connectivity index (χ0) is 14.9. The normalized spacial score (nSPS) is 10.7. The second-order valence-electron chi connectivity index (χ2n) is 4.82. The van der Waals surface area contributed by atoms with Crippen molar-refractivity contribution in [3.63, 3.8) is 0 Å². The standard InChI is InChI=1S/C17H20ClNO2/c18-9-12-21-11-4-10-19-17(20)13-15-7-3-6-14-5-1-2-8-16(14)15/h1-3,5-8H,4,9-13H2,(H,19,20). The Bertz CT molecular complexity index is 581. The van der Waals surface area contributed by atoms with E-state index in [0.29, 0.717) is 32.1 Å². The fraction of sp³-hybridized carbons (Fsp3) is 0.353. The van der Waals surface area contributed by atoms with Gasteiger partial charge >= 0.3 is 0 Å². The molecule has 1 amide bonds. The van der Waals surface area contributed by atoms with Crippen molar-refractivity contribution < 1.29 is 9.53 Å². The lowest BCUT2D eigenvalue weighted by Gasteiger charge is -2.08. The highest BCUT2D eigenvalue weighted by Gasteiger charge is 2.06. The van der Waals surface area contributed by atoms with E-state index in [1.807, 2.05) is 24.3 Å². The van der Waals surface area contributed by atoms with Gasteiger partial charge in [-0.3, -0.25) is 4.79 Å². The van der Waals surface area contributed by atoms with Crippen molar-refractivity contribution in [1.29, 1.82) is 0 Å². The van der Waals surface area contributed by atoms with E-state index in [0.717, 1.165) is 22.8 Å². The number of fused-ring (bicyclic) bond motifs is 1. The van der Waals surface area contributed by atoms with E-state index in [2.05, 4.69) is 23.5 Å². The van der Waals surface area contributed by atoms with Crippen LogP contribution in [-0.2, 0) is 16.0 Å². The Hall–Kier alpha value is -1.58. The van der Waals surface area contributed by atoms with Gasteiger partial charge in [0.1, 0.15) is 0 Å². The molecule has 0 saturated heterocycles. The Morgan fingerprint density at radius 3 is 2.76 bits per heavy atom. The highest BCUT2D eigenvalue weighted by molar-refractivity contribution is 6.17. The number of carbonyl (C=O) groups excluding carboxylic acids is 1. The first-order valence-electron chi connectivity index (χ1n) is 7.18. The van der Waals surface area contributed by atoms with Gasteiger partial charge in [-0.25, -0.2) is 0 Å². The third kappa shape index (κ3) is 5.03. The summed E-state index contributed by atoms with van der Waals surface area (Å²) in [6.07, 6.45) is 1.21.